The van der Waals surface area contributed by atoms with Crippen LogP contribution in [0.15, 0.2) is 48.8 Å². The van der Waals surface area contributed by atoms with Gasteiger partial charge in [-0.15, -0.1) is 13.2 Å². The van der Waals surface area contributed by atoms with Gasteiger partial charge in [0.25, 0.3) is 0 Å². The third-order valence-electron chi connectivity index (χ3n) is 2.56. The van der Waals surface area contributed by atoms with Crippen LogP contribution in [-0.4, -0.2) is 17.9 Å². The zero-order valence-electron chi connectivity index (χ0n) is 10.5. The predicted octanol–water partition coefficient (Wildman–Crippen LogP) is 3.63. The molecule has 0 amide bonds. The van der Waals surface area contributed by atoms with E-state index in [-0.39, 0.29) is 5.75 Å². The topological polar surface area (TPSA) is 34.1 Å². The van der Waals surface area contributed by atoms with Crippen LogP contribution >= 0.6 is 0 Å². The minimum absolute atomic E-state index is 0.230. The third-order valence-corrected chi connectivity index (χ3v) is 2.56. The van der Waals surface area contributed by atoms with E-state index in [4.69, 9.17) is 0 Å². The number of benzene rings is 1. The summed E-state index contributed by atoms with van der Waals surface area (Å²) in [5.41, 5.74) is 1.69. The first-order valence-electron chi connectivity index (χ1n) is 6.01. The Balaban J connectivity index is 1.88. The van der Waals surface area contributed by atoms with Gasteiger partial charge in [0.1, 0.15) is 5.75 Å². The molecule has 1 heterocycles. The fourth-order valence-corrected chi connectivity index (χ4v) is 1.70. The summed E-state index contributed by atoms with van der Waals surface area (Å²) in [5, 5.41) is 3.05. The molecule has 0 aliphatic rings. The lowest BCUT2D eigenvalue weighted by Gasteiger charge is -2.11. The van der Waals surface area contributed by atoms with Gasteiger partial charge in [0.2, 0.25) is 0 Å². The van der Waals surface area contributed by atoms with Gasteiger partial charge >= 0.3 is 6.36 Å². The second kappa shape index (κ2) is 6.27. The molecule has 1 aromatic carbocycles. The van der Waals surface area contributed by atoms with Gasteiger partial charge in [0.05, 0.1) is 0 Å². The van der Waals surface area contributed by atoms with Crippen molar-refractivity contribution in [3.63, 3.8) is 0 Å². The molecule has 106 valence electrons. The number of aromatic nitrogens is 1. The van der Waals surface area contributed by atoms with Crippen LogP contribution in [0, 0.1) is 0 Å². The molecule has 0 unspecified atom stereocenters. The number of hydrogen-bond donors (Lipinski definition) is 1. The van der Waals surface area contributed by atoms with Gasteiger partial charge in [-0.3, -0.25) is 4.98 Å². The Morgan fingerprint density at radius 2 is 1.85 bits per heavy atom. The standard InChI is InChI=1S/C14H13F3N2O/c15-14(16,17)20-13-3-1-2-12(10-13)19-9-6-11-4-7-18-8-5-11/h1-5,7-8,10,19H,6,9H2. The van der Waals surface area contributed by atoms with Crippen molar-refractivity contribution in [2.24, 2.45) is 0 Å². The average molecular weight is 282 g/mol. The van der Waals surface area contributed by atoms with Crippen LogP contribution < -0.4 is 10.1 Å². The Kier molecular flexibility index (Phi) is 4.45. The highest BCUT2D eigenvalue weighted by atomic mass is 19.4. The number of halogens is 3. The Hall–Kier alpha value is -2.24. The summed E-state index contributed by atoms with van der Waals surface area (Å²) in [5.74, 6) is -0.230. The molecule has 0 bridgehead atoms. The monoisotopic (exact) mass is 282 g/mol. The van der Waals surface area contributed by atoms with Crippen molar-refractivity contribution in [3.05, 3.63) is 54.4 Å². The lowest BCUT2D eigenvalue weighted by Crippen LogP contribution is -2.17. The molecule has 0 aliphatic carbocycles. The molecular weight excluding hydrogens is 269 g/mol. The normalized spacial score (nSPS) is 11.2. The van der Waals surface area contributed by atoms with Gasteiger partial charge in [-0.25, -0.2) is 0 Å². The quantitative estimate of drug-likeness (QED) is 0.909. The van der Waals surface area contributed by atoms with Gasteiger partial charge < -0.3 is 10.1 Å². The second-order valence-electron chi connectivity index (χ2n) is 4.11. The molecule has 2 aromatic rings. The van der Waals surface area contributed by atoms with Crippen LogP contribution in [0.1, 0.15) is 5.56 Å². The summed E-state index contributed by atoms with van der Waals surface area (Å²) >= 11 is 0. The number of nitrogens with one attached hydrogen (secondary N) is 1. The molecule has 3 nitrogen and oxygen atoms in total. The minimum atomic E-state index is -4.67. The first-order chi connectivity index (χ1) is 9.53. The lowest BCUT2D eigenvalue weighted by atomic mass is 10.2. The van der Waals surface area contributed by atoms with Crippen molar-refractivity contribution in [2.45, 2.75) is 12.8 Å². The third kappa shape index (κ3) is 4.79. The maximum atomic E-state index is 12.1. The minimum Gasteiger partial charge on any atom is -0.406 e. The lowest BCUT2D eigenvalue weighted by molar-refractivity contribution is -0.274. The van der Waals surface area contributed by atoms with Gasteiger partial charge in [-0.1, -0.05) is 6.07 Å². The average Bonchev–Trinajstić information content (AvgIpc) is 2.38. The molecule has 2 rings (SSSR count). The Morgan fingerprint density at radius 3 is 2.55 bits per heavy atom. The first-order valence-corrected chi connectivity index (χ1v) is 6.01. The highest BCUT2D eigenvalue weighted by Crippen LogP contribution is 2.24. The van der Waals surface area contributed by atoms with Gasteiger partial charge in [-0.2, -0.15) is 0 Å². The number of alkyl halides is 3. The summed E-state index contributed by atoms with van der Waals surface area (Å²) in [6.07, 6.45) is -0.511. The van der Waals surface area contributed by atoms with E-state index >= 15 is 0 Å². The van der Waals surface area contributed by atoms with E-state index in [0.29, 0.717) is 12.2 Å². The van der Waals surface area contributed by atoms with E-state index in [1.807, 2.05) is 12.1 Å². The van der Waals surface area contributed by atoms with Crippen LogP contribution in [0.4, 0.5) is 18.9 Å². The van der Waals surface area contributed by atoms with E-state index < -0.39 is 6.36 Å². The van der Waals surface area contributed by atoms with Crippen molar-refractivity contribution >= 4 is 5.69 Å². The highest BCUT2D eigenvalue weighted by molar-refractivity contribution is 5.48. The fourth-order valence-electron chi connectivity index (χ4n) is 1.70. The van der Waals surface area contributed by atoms with Crippen molar-refractivity contribution < 1.29 is 17.9 Å². The Morgan fingerprint density at radius 1 is 1.10 bits per heavy atom. The number of nitrogens with zero attached hydrogens (tertiary/aromatic N) is 1. The largest absolute Gasteiger partial charge is 0.573 e. The van der Waals surface area contributed by atoms with Crippen LogP contribution in [0.2, 0.25) is 0 Å². The van der Waals surface area contributed by atoms with Crippen molar-refractivity contribution in [1.82, 2.24) is 4.98 Å². The number of hydrogen-bond acceptors (Lipinski definition) is 3. The van der Waals surface area contributed by atoms with Crippen molar-refractivity contribution in [2.75, 3.05) is 11.9 Å². The molecular formula is C14H13F3N2O. The summed E-state index contributed by atoms with van der Waals surface area (Å²) < 4.78 is 40.2. The van der Waals surface area contributed by atoms with E-state index in [1.165, 1.54) is 18.2 Å². The molecule has 0 fully saturated rings. The summed E-state index contributed by atoms with van der Waals surface area (Å²) in [7, 11) is 0. The number of pyridine rings is 1. The molecule has 20 heavy (non-hydrogen) atoms. The molecule has 6 heteroatoms. The summed E-state index contributed by atoms with van der Waals surface area (Å²) in [4.78, 5) is 3.91. The van der Waals surface area contributed by atoms with Crippen LogP contribution in [0.3, 0.4) is 0 Å². The zero-order valence-corrected chi connectivity index (χ0v) is 10.5. The summed E-state index contributed by atoms with van der Waals surface area (Å²) in [6, 6.07) is 9.57. The molecule has 0 atom stereocenters. The van der Waals surface area contributed by atoms with Crippen LogP contribution in [-0.2, 0) is 6.42 Å². The maximum absolute atomic E-state index is 12.1. The molecule has 1 N–H and O–H groups in total. The molecule has 0 saturated heterocycles. The van der Waals surface area contributed by atoms with E-state index in [0.717, 1.165) is 12.0 Å². The van der Waals surface area contributed by atoms with Gasteiger partial charge in [0, 0.05) is 30.7 Å². The zero-order chi connectivity index (χ0) is 14.4. The Labute approximate surface area is 114 Å². The predicted molar refractivity (Wildman–Crippen MR) is 69.6 cm³/mol. The molecule has 0 spiro atoms. The first kappa shape index (κ1) is 14.2. The van der Waals surface area contributed by atoms with Gasteiger partial charge in [-0.05, 0) is 36.2 Å². The smallest absolute Gasteiger partial charge is 0.406 e. The van der Waals surface area contributed by atoms with E-state index in [1.54, 1.807) is 18.5 Å². The second-order valence-corrected chi connectivity index (χ2v) is 4.11. The SMILES string of the molecule is FC(F)(F)Oc1cccc(NCCc2ccncc2)c1. The van der Waals surface area contributed by atoms with Crippen LogP contribution in [0.25, 0.3) is 0 Å². The maximum Gasteiger partial charge on any atom is 0.573 e. The fraction of sp³-hybridized carbons (Fsp3) is 0.214. The number of rotatable bonds is 5. The van der Waals surface area contributed by atoms with Gasteiger partial charge in [0.15, 0.2) is 0 Å². The number of anilines is 1. The van der Waals surface area contributed by atoms with Crippen LogP contribution in [0.5, 0.6) is 5.75 Å². The molecule has 0 aliphatic heterocycles. The van der Waals surface area contributed by atoms with E-state index in [2.05, 4.69) is 15.0 Å². The van der Waals surface area contributed by atoms with Crippen molar-refractivity contribution in [3.8, 4) is 5.75 Å². The Bertz CT molecular complexity index is 544. The summed E-state index contributed by atoms with van der Waals surface area (Å²) in [6.45, 7) is 0.611. The molecule has 1 aromatic heterocycles. The molecule has 0 radical (unpaired) electrons. The molecule has 0 saturated carbocycles. The van der Waals surface area contributed by atoms with E-state index in [9.17, 15) is 13.2 Å². The number of ether oxygens (including phenoxy) is 1. The highest BCUT2D eigenvalue weighted by Gasteiger charge is 2.31. The van der Waals surface area contributed by atoms with Crippen molar-refractivity contribution in [1.29, 1.82) is 0 Å².